The molecule has 10 nitrogen and oxygen atoms in total. The Bertz CT molecular complexity index is 1480. The third-order valence-electron chi connectivity index (χ3n) is 5.02. The monoisotopic (exact) mass is 526 g/mol. The maximum Gasteiger partial charge on any atom is 0.416 e. The van der Waals surface area contributed by atoms with E-state index in [1.54, 1.807) is 0 Å². The fourth-order valence-corrected chi connectivity index (χ4v) is 3.42. The van der Waals surface area contributed by atoms with Crippen molar-refractivity contribution in [1.82, 2.24) is 29.1 Å². The predicted molar refractivity (Wildman–Crippen MR) is 116 cm³/mol. The minimum Gasteiger partial charge on any atom is -0.478 e. The van der Waals surface area contributed by atoms with Crippen molar-refractivity contribution in [2.45, 2.75) is 25.4 Å². The number of aliphatic hydroxyl groups excluding tert-OH is 1. The standard InChI is InChI=1S/C21H15ClF4N6O4/c22-12-3-1-11(2-4-12)18-29-31(20(36)30(18)8-16(33)21(24,25)26)9-17-27-10-32(28-17)15-6-5-13(23)7-14(15)19(34)35/h1-7,10,16,33H,8-9H2,(H,34,35)/t16-/m0/s1. The van der Waals surface area contributed by atoms with Gasteiger partial charge in [-0.15, -0.1) is 10.2 Å². The second-order valence-electron chi connectivity index (χ2n) is 7.51. The highest BCUT2D eigenvalue weighted by Crippen LogP contribution is 2.24. The third-order valence-corrected chi connectivity index (χ3v) is 5.28. The van der Waals surface area contributed by atoms with Crippen LogP contribution in [0.1, 0.15) is 16.2 Å². The van der Waals surface area contributed by atoms with Crippen molar-refractivity contribution in [3.63, 3.8) is 0 Å². The summed E-state index contributed by atoms with van der Waals surface area (Å²) in [5.74, 6) is -2.38. The number of rotatable bonds is 7. The number of hydrogen-bond donors (Lipinski definition) is 2. The van der Waals surface area contributed by atoms with Crippen LogP contribution in [0.4, 0.5) is 17.6 Å². The Labute approximate surface area is 203 Å². The minimum absolute atomic E-state index is 0.00400. The van der Waals surface area contributed by atoms with Crippen LogP contribution in [0.2, 0.25) is 5.02 Å². The molecule has 0 aliphatic heterocycles. The first-order valence-electron chi connectivity index (χ1n) is 10.1. The van der Waals surface area contributed by atoms with Gasteiger partial charge in [-0.3, -0.25) is 4.57 Å². The largest absolute Gasteiger partial charge is 0.478 e. The number of carboxylic acids is 1. The van der Waals surface area contributed by atoms with Crippen LogP contribution in [0.3, 0.4) is 0 Å². The zero-order valence-electron chi connectivity index (χ0n) is 17.9. The molecule has 2 aromatic carbocycles. The fraction of sp³-hybridized carbons (Fsp3) is 0.190. The molecule has 2 heterocycles. The molecule has 4 aromatic rings. The molecule has 0 saturated carbocycles. The number of nitrogens with zero attached hydrogens (tertiary/aromatic N) is 6. The van der Waals surface area contributed by atoms with E-state index < -0.39 is 42.8 Å². The van der Waals surface area contributed by atoms with Gasteiger partial charge < -0.3 is 10.2 Å². The average molecular weight is 527 g/mol. The van der Waals surface area contributed by atoms with Crippen molar-refractivity contribution in [2.24, 2.45) is 0 Å². The van der Waals surface area contributed by atoms with Crippen LogP contribution in [0, 0.1) is 5.82 Å². The van der Waals surface area contributed by atoms with E-state index in [2.05, 4.69) is 15.2 Å². The van der Waals surface area contributed by atoms with Gasteiger partial charge in [0.25, 0.3) is 0 Å². The zero-order valence-corrected chi connectivity index (χ0v) is 18.7. The lowest BCUT2D eigenvalue weighted by atomic mass is 10.2. The van der Waals surface area contributed by atoms with E-state index >= 15 is 0 Å². The quantitative estimate of drug-likeness (QED) is 0.354. The second kappa shape index (κ2) is 9.54. The molecular weight excluding hydrogens is 512 g/mol. The predicted octanol–water partition coefficient (Wildman–Crippen LogP) is 2.75. The number of aromatic carboxylic acids is 1. The van der Waals surface area contributed by atoms with E-state index in [-0.39, 0.29) is 28.5 Å². The van der Waals surface area contributed by atoms with E-state index in [0.717, 1.165) is 27.8 Å². The maximum atomic E-state index is 13.5. The summed E-state index contributed by atoms with van der Waals surface area (Å²) >= 11 is 5.86. The van der Waals surface area contributed by atoms with Crippen LogP contribution in [-0.4, -0.2) is 57.6 Å². The van der Waals surface area contributed by atoms with Crippen molar-refractivity contribution in [1.29, 1.82) is 0 Å². The first kappa shape index (κ1) is 25.1. The molecule has 0 spiro atoms. The van der Waals surface area contributed by atoms with Crippen molar-refractivity contribution >= 4 is 17.6 Å². The average Bonchev–Trinajstić information content (AvgIpc) is 3.39. The van der Waals surface area contributed by atoms with Gasteiger partial charge in [0.05, 0.1) is 17.8 Å². The summed E-state index contributed by atoms with van der Waals surface area (Å²) in [6.45, 7) is -1.51. The molecule has 15 heteroatoms. The lowest BCUT2D eigenvalue weighted by Gasteiger charge is -2.15. The van der Waals surface area contributed by atoms with E-state index in [4.69, 9.17) is 11.6 Å². The zero-order chi connectivity index (χ0) is 26.2. The van der Waals surface area contributed by atoms with Gasteiger partial charge in [-0.25, -0.2) is 28.3 Å². The van der Waals surface area contributed by atoms with Crippen LogP contribution in [0.25, 0.3) is 17.1 Å². The fourth-order valence-electron chi connectivity index (χ4n) is 3.30. The van der Waals surface area contributed by atoms with Crippen LogP contribution in [0.15, 0.2) is 53.6 Å². The summed E-state index contributed by atoms with van der Waals surface area (Å²) in [7, 11) is 0. The van der Waals surface area contributed by atoms with Gasteiger partial charge in [-0.1, -0.05) is 11.6 Å². The molecule has 0 bridgehead atoms. The van der Waals surface area contributed by atoms with Crippen LogP contribution < -0.4 is 5.69 Å². The van der Waals surface area contributed by atoms with Crippen molar-refractivity contribution in [3.8, 4) is 17.1 Å². The van der Waals surface area contributed by atoms with E-state index in [9.17, 15) is 37.4 Å². The number of benzene rings is 2. The Balaban J connectivity index is 1.71. The highest BCUT2D eigenvalue weighted by molar-refractivity contribution is 6.30. The molecule has 2 N–H and O–H groups in total. The number of alkyl halides is 3. The Morgan fingerprint density at radius 1 is 1.11 bits per heavy atom. The number of aromatic nitrogens is 6. The maximum absolute atomic E-state index is 13.5. The molecule has 188 valence electrons. The topological polar surface area (TPSA) is 128 Å². The lowest BCUT2D eigenvalue weighted by Crippen LogP contribution is -2.37. The number of aliphatic hydroxyl groups is 1. The number of hydrogen-bond acceptors (Lipinski definition) is 6. The van der Waals surface area contributed by atoms with Gasteiger partial charge in [0, 0.05) is 10.6 Å². The van der Waals surface area contributed by atoms with Gasteiger partial charge >= 0.3 is 17.8 Å². The highest BCUT2D eigenvalue weighted by atomic mass is 35.5. The van der Waals surface area contributed by atoms with Crippen LogP contribution in [-0.2, 0) is 13.1 Å². The van der Waals surface area contributed by atoms with E-state index in [0.29, 0.717) is 9.59 Å². The van der Waals surface area contributed by atoms with E-state index in [1.165, 1.54) is 30.3 Å². The molecular formula is C21H15ClF4N6O4. The molecule has 4 rings (SSSR count). The molecule has 0 aliphatic rings. The summed E-state index contributed by atoms with van der Waals surface area (Å²) in [4.78, 5) is 28.4. The summed E-state index contributed by atoms with van der Waals surface area (Å²) in [6.07, 6.45) is -6.68. The smallest absolute Gasteiger partial charge is 0.416 e. The van der Waals surface area contributed by atoms with Crippen molar-refractivity contribution < 1.29 is 32.6 Å². The summed E-state index contributed by atoms with van der Waals surface area (Å²) in [6, 6.07) is 8.80. The molecule has 0 amide bonds. The summed E-state index contributed by atoms with van der Waals surface area (Å²) in [5.41, 5.74) is -1.11. The molecule has 2 aromatic heterocycles. The second-order valence-corrected chi connectivity index (χ2v) is 7.95. The molecule has 0 saturated heterocycles. The molecule has 0 unspecified atom stereocenters. The van der Waals surface area contributed by atoms with Gasteiger partial charge in [-0.05, 0) is 42.5 Å². The van der Waals surface area contributed by atoms with Gasteiger partial charge in [-0.2, -0.15) is 13.2 Å². The Morgan fingerprint density at radius 2 is 1.81 bits per heavy atom. The molecule has 1 atom stereocenters. The number of carboxylic acid groups (broad SMARTS) is 1. The summed E-state index contributed by atoms with van der Waals surface area (Å²) in [5, 5.41) is 27.4. The molecule has 36 heavy (non-hydrogen) atoms. The van der Waals surface area contributed by atoms with Crippen molar-refractivity contribution in [3.05, 3.63) is 81.5 Å². The number of halogens is 5. The SMILES string of the molecule is O=C(O)c1cc(F)ccc1-n1cnc(Cn2nc(-c3ccc(Cl)cc3)n(C[C@H](O)C(F)(F)F)c2=O)n1. The Hall–Kier alpha value is -4.04. The Morgan fingerprint density at radius 3 is 2.44 bits per heavy atom. The molecule has 0 radical (unpaired) electrons. The highest BCUT2D eigenvalue weighted by Gasteiger charge is 2.39. The van der Waals surface area contributed by atoms with E-state index in [1.807, 2.05) is 0 Å². The van der Waals surface area contributed by atoms with Gasteiger partial charge in [0.1, 0.15) is 18.7 Å². The first-order chi connectivity index (χ1) is 16.9. The molecule has 0 fully saturated rings. The first-order valence-corrected chi connectivity index (χ1v) is 10.4. The normalized spacial score (nSPS) is 12.6. The third kappa shape index (κ3) is 5.13. The summed E-state index contributed by atoms with van der Waals surface area (Å²) < 4.78 is 55.0. The van der Waals surface area contributed by atoms with Crippen molar-refractivity contribution in [2.75, 3.05) is 0 Å². The lowest BCUT2D eigenvalue weighted by molar-refractivity contribution is -0.207. The number of carbonyl (C=O) groups is 1. The van der Waals surface area contributed by atoms with Crippen LogP contribution in [0.5, 0.6) is 0 Å². The Kier molecular flexibility index (Phi) is 6.65. The minimum atomic E-state index is -4.98. The van der Waals surface area contributed by atoms with Gasteiger partial charge in [0.2, 0.25) is 0 Å². The van der Waals surface area contributed by atoms with Gasteiger partial charge in [0.15, 0.2) is 17.8 Å². The van der Waals surface area contributed by atoms with Crippen LogP contribution >= 0.6 is 11.6 Å². The molecule has 0 aliphatic carbocycles.